The van der Waals surface area contributed by atoms with Gasteiger partial charge in [0.05, 0.1) is 19.6 Å². The Hall–Kier alpha value is -1.72. The quantitative estimate of drug-likeness (QED) is 0.824. The van der Waals surface area contributed by atoms with Crippen molar-refractivity contribution >= 4 is 17.3 Å². The zero-order valence-electron chi connectivity index (χ0n) is 10.7. The van der Waals surface area contributed by atoms with Gasteiger partial charge in [-0.1, -0.05) is 12.1 Å². The molecule has 2 aromatic rings. The molecule has 0 radical (unpaired) electrons. The number of hydrogen-bond donors (Lipinski definition) is 1. The van der Waals surface area contributed by atoms with Crippen molar-refractivity contribution in [2.24, 2.45) is 0 Å². The van der Waals surface area contributed by atoms with Gasteiger partial charge in [0.1, 0.15) is 0 Å². The van der Waals surface area contributed by atoms with Gasteiger partial charge in [0.2, 0.25) is 0 Å². The van der Waals surface area contributed by atoms with Crippen LogP contribution in [0.15, 0.2) is 42.0 Å². The first-order chi connectivity index (χ1) is 9.29. The van der Waals surface area contributed by atoms with Gasteiger partial charge in [-0.3, -0.25) is 9.78 Å². The number of methoxy groups -OCH3 is 1. The topological polar surface area (TPSA) is 51.2 Å². The van der Waals surface area contributed by atoms with Crippen LogP contribution in [-0.4, -0.2) is 18.1 Å². The predicted octanol–water partition coefficient (Wildman–Crippen LogP) is 2.54. The summed E-state index contributed by atoms with van der Waals surface area (Å²) in [6.45, 7) is 0.674. The van der Waals surface area contributed by atoms with E-state index in [0.29, 0.717) is 13.0 Å². The molecule has 0 aromatic carbocycles. The standard InChI is InChI=1S/C14H16N2O2S/c1-18-14(17)8-12(13-5-3-7-19-13)16-10-11-4-2-6-15-9-11/h2-7,9,12,16H,8,10H2,1H3. The fourth-order valence-electron chi connectivity index (χ4n) is 1.76. The van der Waals surface area contributed by atoms with Gasteiger partial charge in [-0.05, 0) is 23.1 Å². The van der Waals surface area contributed by atoms with Crippen molar-refractivity contribution < 1.29 is 9.53 Å². The Morgan fingerprint density at radius 3 is 3.00 bits per heavy atom. The molecule has 2 heterocycles. The number of rotatable bonds is 6. The van der Waals surface area contributed by atoms with Gasteiger partial charge >= 0.3 is 5.97 Å². The van der Waals surface area contributed by atoms with E-state index in [1.165, 1.54) is 7.11 Å². The van der Waals surface area contributed by atoms with Gasteiger partial charge in [-0.15, -0.1) is 11.3 Å². The molecule has 0 saturated heterocycles. The monoisotopic (exact) mass is 276 g/mol. The highest BCUT2D eigenvalue weighted by Crippen LogP contribution is 2.22. The van der Waals surface area contributed by atoms with Crippen molar-refractivity contribution in [3.63, 3.8) is 0 Å². The Morgan fingerprint density at radius 1 is 1.47 bits per heavy atom. The second kappa shape index (κ2) is 7.01. The molecule has 5 heteroatoms. The van der Waals surface area contributed by atoms with Crippen LogP contribution in [0.4, 0.5) is 0 Å². The lowest BCUT2D eigenvalue weighted by atomic mass is 10.1. The van der Waals surface area contributed by atoms with E-state index in [1.807, 2.05) is 35.8 Å². The Morgan fingerprint density at radius 2 is 2.37 bits per heavy atom. The molecule has 4 nitrogen and oxygen atoms in total. The lowest BCUT2D eigenvalue weighted by molar-refractivity contribution is -0.141. The van der Waals surface area contributed by atoms with Crippen LogP contribution in [0.5, 0.6) is 0 Å². The van der Waals surface area contributed by atoms with Crippen molar-refractivity contribution in [2.75, 3.05) is 7.11 Å². The number of thiophene rings is 1. The molecule has 0 spiro atoms. The molecular formula is C14H16N2O2S. The molecule has 0 saturated carbocycles. The molecule has 2 aromatic heterocycles. The van der Waals surface area contributed by atoms with Crippen LogP contribution < -0.4 is 5.32 Å². The van der Waals surface area contributed by atoms with E-state index in [2.05, 4.69) is 10.3 Å². The normalized spacial score (nSPS) is 12.1. The molecule has 2 rings (SSSR count). The van der Waals surface area contributed by atoms with Crippen LogP contribution in [0.25, 0.3) is 0 Å². The lowest BCUT2D eigenvalue weighted by Crippen LogP contribution is -2.23. The number of pyridine rings is 1. The molecule has 0 aliphatic carbocycles. The van der Waals surface area contributed by atoms with E-state index in [9.17, 15) is 4.79 Å². The Bertz CT molecular complexity index is 499. The Kier molecular flexibility index (Phi) is 5.06. The van der Waals surface area contributed by atoms with Crippen molar-refractivity contribution in [3.8, 4) is 0 Å². The summed E-state index contributed by atoms with van der Waals surface area (Å²) in [7, 11) is 1.41. The summed E-state index contributed by atoms with van der Waals surface area (Å²) >= 11 is 1.63. The smallest absolute Gasteiger partial charge is 0.307 e. The van der Waals surface area contributed by atoms with Crippen molar-refractivity contribution in [2.45, 2.75) is 19.0 Å². The van der Waals surface area contributed by atoms with Crippen molar-refractivity contribution in [1.82, 2.24) is 10.3 Å². The fraction of sp³-hybridized carbons (Fsp3) is 0.286. The van der Waals surface area contributed by atoms with Gasteiger partial charge in [0, 0.05) is 23.8 Å². The maximum atomic E-state index is 11.5. The molecule has 0 bridgehead atoms. The summed E-state index contributed by atoms with van der Waals surface area (Å²) in [5.74, 6) is -0.211. The minimum absolute atomic E-state index is 0.0207. The minimum atomic E-state index is -0.211. The summed E-state index contributed by atoms with van der Waals surface area (Å²) in [6.07, 6.45) is 3.89. The highest BCUT2D eigenvalue weighted by Gasteiger charge is 2.16. The number of carbonyl (C=O) groups excluding carboxylic acids is 1. The first kappa shape index (κ1) is 13.7. The number of ether oxygens (including phenoxy) is 1. The summed E-state index contributed by atoms with van der Waals surface area (Å²) in [5, 5.41) is 5.38. The van der Waals surface area contributed by atoms with Gasteiger partial charge in [0.25, 0.3) is 0 Å². The first-order valence-corrected chi connectivity index (χ1v) is 6.90. The van der Waals surface area contributed by atoms with E-state index in [-0.39, 0.29) is 12.0 Å². The highest BCUT2D eigenvalue weighted by molar-refractivity contribution is 7.10. The number of carbonyl (C=O) groups is 1. The van der Waals surface area contributed by atoms with Crippen LogP contribution in [0, 0.1) is 0 Å². The van der Waals surface area contributed by atoms with Crippen LogP contribution in [0.3, 0.4) is 0 Å². The minimum Gasteiger partial charge on any atom is -0.469 e. The summed E-state index contributed by atoms with van der Waals surface area (Å²) < 4.78 is 4.74. The second-order valence-electron chi connectivity index (χ2n) is 4.09. The summed E-state index contributed by atoms with van der Waals surface area (Å²) in [4.78, 5) is 16.7. The molecule has 100 valence electrons. The average molecular weight is 276 g/mol. The molecule has 1 unspecified atom stereocenters. The number of aromatic nitrogens is 1. The molecule has 19 heavy (non-hydrogen) atoms. The average Bonchev–Trinajstić information content (AvgIpc) is 2.98. The number of hydrogen-bond acceptors (Lipinski definition) is 5. The molecule has 0 fully saturated rings. The fourth-order valence-corrected chi connectivity index (χ4v) is 2.56. The maximum absolute atomic E-state index is 11.5. The second-order valence-corrected chi connectivity index (χ2v) is 5.07. The largest absolute Gasteiger partial charge is 0.469 e. The predicted molar refractivity (Wildman–Crippen MR) is 74.8 cm³/mol. The van der Waals surface area contributed by atoms with Crippen LogP contribution in [0.1, 0.15) is 22.9 Å². The third kappa shape index (κ3) is 4.15. The number of nitrogens with one attached hydrogen (secondary N) is 1. The molecule has 1 N–H and O–H groups in total. The number of esters is 1. The van der Waals surface area contributed by atoms with Crippen LogP contribution in [0.2, 0.25) is 0 Å². The van der Waals surface area contributed by atoms with Crippen molar-refractivity contribution in [3.05, 3.63) is 52.5 Å². The molecule has 0 aliphatic heterocycles. The summed E-state index contributed by atoms with van der Waals surface area (Å²) in [5.41, 5.74) is 1.09. The Balaban J connectivity index is 2.00. The Labute approximate surface area is 116 Å². The molecule has 0 aliphatic rings. The lowest BCUT2D eigenvalue weighted by Gasteiger charge is -2.16. The molecule has 0 amide bonds. The van der Waals surface area contributed by atoms with Crippen LogP contribution >= 0.6 is 11.3 Å². The molecule has 1 atom stereocenters. The third-order valence-corrected chi connectivity index (χ3v) is 3.75. The van der Waals surface area contributed by atoms with Gasteiger partial charge in [-0.25, -0.2) is 0 Å². The van der Waals surface area contributed by atoms with Gasteiger partial charge in [0.15, 0.2) is 0 Å². The zero-order chi connectivity index (χ0) is 13.5. The maximum Gasteiger partial charge on any atom is 0.307 e. The van der Waals surface area contributed by atoms with E-state index in [0.717, 1.165) is 10.4 Å². The van der Waals surface area contributed by atoms with E-state index in [4.69, 9.17) is 4.74 Å². The van der Waals surface area contributed by atoms with Gasteiger partial charge < -0.3 is 10.1 Å². The summed E-state index contributed by atoms with van der Waals surface area (Å²) in [6, 6.07) is 7.89. The van der Waals surface area contributed by atoms with Gasteiger partial charge in [-0.2, -0.15) is 0 Å². The van der Waals surface area contributed by atoms with E-state index in [1.54, 1.807) is 17.5 Å². The highest BCUT2D eigenvalue weighted by atomic mass is 32.1. The van der Waals surface area contributed by atoms with E-state index < -0.39 is 0 Å². The zero-order valence-corrected chi connectivity index (χ0v) is 11.5. The SMILES string of the molecule is COC(=O)CC(NCc1cccnc1)c1cccs1. The molecular weight excluding hydrogens is 260 g/mol. The first-order valence-electron chi connectivity index (χ1n) is 6.02. The number of nitrogens with zero attached hydrogens (tertiary/aromatic N) is 1. The third-order valence-electron chi connectivity index (χ3n) is 2.76. The van der Waals surface area contributed by atoms with E-state index >= 15 is 0 Å². The van der Waals surface area contributed by atoms with Crippen LogP contribution in [-0.2, 0) is 16.1 Å². The van der Waals surface area contributed by atoms with Crippen molar-refractivity contribution in [1.29, 1.82) is 0 Å².